The fraction of sp³-hybridized carbons (Fsp3) is 0.971. The molecule has 0 aromatic carbocycles. The van der Waals surface area contributed by atoms with Gasteiger partial charge < -0.3 is 19.8 Å². The first-order valence-electron chi connectivity index (χ1n) is 34.0. The summed E-state index contributed by atoms with van der Waals surface area (Å²) in [4.78, 5) is 17.8. The second-order valence-corrected chi connectivity index (χ2v) is 32.5. The van der Waals surface area contributed by atoms with Gasteiger partial charge in [0.2, 0.25) is 0 Å². The maximum atomic E-state index is 8.89. The van der Waals surface area contributed by atoms with Gasteiger partial charge in [0, 0.05) is 26.5 Å². The molecule has 0 atom stereocenters. The first-order chi connectivity index (χ1) is 35.9. The minimum atomic E-state index is -1.08. The van der Waals surface area contributed by atoms with Gasteiger partial charge in [-0.25, -0.2) is 0 Å². The Morgan fingerprint density at radius 2 is 0.284 bits per heavy atom. The van der Waals surface area contributed by atoms with Gasteiger partial charge >= 0.3 is 0 Å². The normalized spacial score (nSPS) is 11.4. The topological polar surface area (TPSA) is 80.3 Å². The van der Waals surface area contributed by atoms with E-state index in [1.165, 1.54) is 257 Å². The molecule has 0 fully saturated rings. The van der Waals surface area contributed by atoms with E-state index in [0.717, 1.165) is 13.8 Å². The second kappa shape index (κ2) is 68.9. The lowest BCUT2D eigenvalue weighted by Crippen LogP contribution is -2.16. The van der Waals surface area contributed by atoms with Crippen LogP contribution in [0, 0.1) is 0 Å². The van der Waals surface area contributed by atoms with Crippen LogP contribution in [0.4, 0.5) is 0 Å². The zero-order valence-electron chi connectivity index (χ0n) is 53.1. The fourth-order valence-corrected chi connectivity index (χ4v) is 21.0. The van der Waals surface area contributed by atoms with Crippen molar-refractivity contribution >= 4 is 26.5 Å². The van der Waals surface area contributed by atoms with Gasteiger partial charge in [-0.15, -0.1) is 0 Å². The largest absolute Gasteiger partial charge is 0.550 e. The molecule has 448 valence electrons. The number of unbranched alkanes of at least 4 members (excludes halogenated alkanes) is 40. The Labute approximate surface area is 470 Å². The van der Waals surface area contributed by atoms with Crippen molar-refractivity contribution < 1.29 is 19.8 Å². The molecule has 0 heterocycles. The molecule has 0 N–H and O–H groups in total. The van der Waals surface area contributed by atoms with Gasteiger partial charge in [0.15, 0.2) is 0 Å². The zero-order chi connectivity index (χ0) is 55.8. The molecule has 0 aliphatic rings. The van der Waals surface area contributed by atoms with Crippen LogP contribution in [0.2, 0.25) is 0 Å². The molecule has 0 saturated heterocycles. The maximum absolute atomic E-state index is 8.89. The van der Waals surface area contributed by atoms with Crippen LogP contribution in [0.1, 0.15) is 377 Å². The summed E-state index contributed by atoms with van der Waals surface area (Å²) in [7, 11) is -1.44. The Kier molecular flexibility index (Phi) is 74.8. The molecule has 0 saturated carbocycles. The predicted molar refractivity (Wildman–Crippen MR) is 341 cm³/mol. The Morgan fingerprint density at radius 3 is 0.378 bits per heavy atom. The smallest absolute Gasteiger partial charge is 0.0594 e. The van der Waals surface area contributed by atoms with Crippen LogP contribution in [0.5, 0.6) is 0 Å². The number of carboxylic acids is 2. The van der Waals surface area contributed by atoms with E-state index in [2.05, 4.69) is 55.4 Å². The molecule has 0 aromatic heterocycles. The highest BCUT2D eigenvalue weighted by Gasteiger charge is 2.36. The van der Waals surface area contributed by atoms with E-state index in [9.17, 15) is 0 Å². The second-order valence-electron chi connectivity index (χ2n) is 23.6. The Hall–Kier alpha value is -0.200. The molecular formula is C68H142O4P2. The third-order valence-corrected chi connectivity index (χ3v) is 26.0. The van der Waals surface area contributed by atoms with Gasteiger partial charge in [-0.05, 0) is 117 Å². The van der Waals surface area contributed by atoms with Crippen molar-refractivity contribution in [3.8, 4) is 0 Å². The van der Waals surface area contributed by atoms with Crippen LogP contribution < -0.4 is 10.2 Å². The van der Waals surface area contributed by atoms with Crippen molar-refractivity contribution in [2.45, 2.75) is 377 Å². The highest BCUT2D eigenvalue weighted by atomic mass is 31.2. The monoisotopic (exact) mass is 1090 g/mol. The van der Waals surface area contributed by atoms with E-state index in [4.69, 9.17) is 19.8 Å². The fourth-order valence-electron chi connectivity index (χ4n) is 11.2. The first-order valence-corrected chi connectivity index (χ1v) is 39.1. The van der Waals surface area contributed by atoms with Crippen LogP contribution in [-0.4, -0.2) is 61.2 Å². The maximum Gasteiger partial charge on any atom is 0.0594 e. The van der Waals surface area contributed by atoms with Crippen molar-refractivity contribution in [3.05, 3.63) is 0 Å². The Morgan fingerprint density at radius 1 is 0.203 bits per heavy atom. The number of hydrogen-bond donors (Lipinski definition) is 0. The standard InChI is InChI=1S/2C32H68P.2C2H4O2/c2*1-5-9-13-17-21-25-29-33(30-26-22-18-14-10-6-2,31-27-23-19-15-11-7-3)32-28-24-20-16-12-8-4;2*1-2(3)4/h2*5-32H2,1-4H3;2*1H3,(H,3,4)/q2*+1;;/p-2. The average molecular weight is 1090 g/mol. The molecule has 0 spiro atoms. The highest BCUT2D eigenvalue weighted by molar-refractivity contribution is 7.76. The van der Waals surface area contributed by atoms with Gasteiger partial charge in [-0.2, -0.15) is 0 Å². The van der Waals surface area contributed by atoms with E-state index in [1.54, 1.807) is 101 Å². The number of carboxylic acid groups (broad SMARTS) is 2. The van der Waals surface area contributed by atoms with Crippen molar-refractivity contribution in [2.24, 2.45) is 0 Å². The molecule has 0 unspecified atom stereocenters. The summed E-state index contributed by atoms with van der Waals surface area (Å²) in [5.74, 6) is -2.17. The molecular weight excluding hydrogens is 943 g/mol. The van der Waals surface area contributed by atoms with Crippen LogP contribution in [0.25, 0.3) is 0 Å². The summed E-state index contributed by atoms with van der Waals surface area (Å²) < 4.78 is 0. The number of rotatable bonds is 56. The highest BCUT2D eigenvalue weighted by Crippen LogP contribution is 2.62. The number of carbonyl (C=O) groups excluding carboxylic acids is 2. The van der Waals surface area contributed by atoms with Crippen LogP contribution in [0.3, 0.4) is 0 Å². The van der Waals surface area contributed by atoms with Crippen molar-refractivity contribution in [1.82, 2.24) is 0 Å². The summed E-state index contributed by atoms with van der Waals surface area (Å²) >= 11 is 0. The predicted octanol–water partition coefficient (Wildman–Crippen LogP) is 22.4. The van der Waals surface area contributed by atoms with Crippen molar-refractivity contribution in [3.63, 3.8) is 0 Å². The summed E-state index contributed by atoms with van der Waals surface area (Å²) in [6.45, 7) is 20.7. The van der Waals surface area contributed by atoms with Crippen LogP contribution >= 0.6 is 14.5 Å². The van der Waals surface area contributed by atoms with Crippen LogP contribution in [0.15, 0.2) is 0 Å². The number of hydrogen-bond acceptors (Lipinski definition) is 4. The SMILES string of the molecule is CC(=O)[O-].CC(=O)[O-].CCCCCCCC[P+](CCCCCCCC)(CCCCCCCC)CCCCCCCC.CCCCCCCC[P+](CCCCCCCC)(CCCCCCCC)CCCCCCCC. The molecule has 6 heteroatoms. The number of aliphatic carboxylic acids is 2. The molecule has 0 rings (SSSR count). The first kappa shape index (κ1) is 80.3. The van der Waals surface area contributed by atoms with Gasteiger partial charge in [-0.1, -0.05) is 261 Å². The summed E-state index contributed by atoms with van der Waals surface area (Å²) in [5, 5.41) is 17.8. The summed E-state index contributed by atoms with van der Waals surface area (Å²) in [6, 6.07) is 0. The zero-order valence-corrected chi connectivity index (χ0v) is 54.9. The molecule has 0 aromatic rings. The van der Waals surface area contributed by atoms with E-state index in [-0.39, 0.29) is 0 Å². The lowest BCUT2D eigenvalue weighted by molar-refractivity contribution is -0.303. The lowest BCUT2D eigenvalue weighted by Gasteiger charge is -2.28. The van der Waals surface area contributed by atoms with E-state index in [1.807, 2.05) is 0 Å². The van der Waals surface area contributed by atoms with Gasteiger partial charge in [-0.3, -0.25) is 0 Å². The molecule has 0 bridgehead atoms. The molecule has 0 aliphatic heterocycles. The van der Waals surface area contributed by atoms with E-state index >= 15 is 0 Å². The van der Waals surface area contributed by atoms with Crippen LogP contribution in [-0.2, 0) is 9.59 Å². The van der Waals surface area contributed by atoms with E-state index < -0.39 is 26.5 Å². The molecule has 0 radical (unpaired) electrons. The molecule has 0 amide bonds. The Bertz CT molecular complexity index is 808. The van der Waals surface area contributed by atoms with Crippen molar-refractivity contribution in [2.75, 3.05) is 49.3 Å². The molecule has 4 nitrogen and oxygen atoms in total. The quantitative estimate of drug-likeness (QED) is 0.0449. The van der Waals surface area contributed by atoms with Gasteiger partial charge in [0.05, 0.1) is 49.3 Å². The van der Waals surface area contributed by atoms with Gasteiger partial charge in [0.1, 0.15) is 0 Å². The Balaban J connectivity index is -0.000000576. The molecule has 0 aliphatic carbocycles. The lowest BCUT2D eigenvalue weighted by atomic mass is 10.1. The van der Waals surface area contributed by atoms with E-state index in [0.29, 0.717) is 0 Å². The number of carbonyl (C=O) groups is 2. The third kappa shape index (κ3) is 69.8. The van der Waals surface area contributed by atoms with Crippen molar-refractivity contribution in [1.29, 1.82) is 0 Å². The molecule has 74 heavy (non-hydrogen) atoms. The van der Waals surface area contributed by atoms with Gasteiger partial charge in [0.25, 0.3) is 0 Å². The summed E-state index contributed by atoms with van der Waals surface area (Å²) in [6.07, 6.45) is 84.3. The summed E-state index contributed by atoms with van der Waals surface area (Å²) in [5.41, 5.74) is 0. The minimum absolute atomic E-state index is 0.718. The minimum Gasteiger partial charge on any atom is -0.550 e. The third-order valence-electron chi connectivity index (χ3n) is 15.9. The average Bonchev–Trinajstić information content (AvgIpc) is 3.37.